The third kappa shape index (κ3) is 6.48. The molecule has 0 amide bonds. The molecule has 1 aliphatic heterocycles. The molecule has 1 aromatic rings. The van der Waals surface area contributed by atoms with Crippen molar-refractivity contribution in [3.8, 4) is 11.5 Å². The molecule has 5 nitrogen and oxygen atoms in total. The van der Waals surface area contributed by atoms with E-state index in [0.29, 0.717) is 18.9 Å². The Balaban J connectivity index is 1.62. The van der Waals surface area contributed by atoms with Gasteiger partial charge in [-0.2, -0.15) is 0 Å². The van der Waals surface area contributed by atoms with E-state index in [1.807, 2.05) is 24.3 Å². The van der Waals surface area contributed by atoms with Crippen LogP contribution in [0.2, 0.25) is 0 Å². The van der Waals surface area contributed by atoms with Crippen LogP contribution in [0.5, 0.6) is 11.5 Å². The zero-order valence-corrected chi connectivity index (χ0v) is 13.9. The summed E-state index contributed by atoms with van der Waals surface area (Å²) < 4.78 is 10.9. The Morgan fingerprint density at radius 1 is 1.30 bits per heavy atom. The SMILES string of the molecule is COc1ccc(OCCCN2CCCC(CCC(=O)O)C2)cc1. The highest BCUT2D eigenvalue weighted by Gasteiger charge is 2.20. The van der Waals surface area contributed by atoms with Gasteiger partial charge >= 0.3 is 5.97 Å². The van der Waals surface area contributed by atoms with E-state index in [0.717, 1.165) is 50.4 Å². The topological polar surface area (TPSA) is 59.0 Å². The highest BCUT2D eigenvalue weighted by atomic mass is 16.5. The van der Waals surface area contributed by atoms with Gasteiger partial charge in [-0.3, -0.25) is 4.79 Å². The van der Waals surface area contributed by atoms with Crippen LogP contribution in [0, 0.1) is 5.92 Å². The largest absolute Gasteiger partial charge is 0.497 e. The number of hydrogen-bond donors (Lipinski definition) is 1. The third-order valence-electron chi connectivity index (χ3n) is 4.32. The Bertz CT molecular complexity index is 474. The van der Waals surface area contributed by atoms with Gasteiger partial charge in [-0.1, -0.05) is 0 Å². The molecule has 23 heavy (non-hydrogen) atoms. The van der Waals surface area contributed by atoms with Gasteiger partial charge in [-0.25, -0.2) is 0 Å². The second-order valence-electron chi connectivity index (χ2n) is 6.12. The number of methoxy groups -OCH3 is 1. The molecule has 1 N–H and O–H groups in total. The first-order valence-corrected chi connectivity index (χ1v) is 8.38. The second-order valence-corrected chi connectivity index (χ2v) is 6.12. The van der Waals surface area contributed by atoms with E-state index in [-0.39, 0.29) is 0 Å². The Morgan fingerprint density at radius 3 is 2.74 bits per heavy atom. The lowest BCUT2D eigenvalue weighted by Gasteiger charge is -2.32. The van der Waals surface area contributed by atoms with E-state index in [1.54, 1.807) is 7.11 Å². The molecule has 0 radical (unpaired) electrons. The first-order chi connectivity index (χ1) is 11.2. The van der Waals surface area contributed by atoms with Crippen LogP contribution in [0.1, 0.15) is 32.1 Å². The van der Waals surface area contributed by atoms with Crippen molar-refractivity contribution >= 4 is 5.97 Å². The molecule has 5 heteroatoms. The van der Waals surface area contributed by atoms with Crippen LogP contribution in [0.15, 0.2) is 24.3 Å². The van der Waals surface area contributed by atoms with Crippen LogP contribution >= 0.6 is 0 Å². The molecule has 0 aromatic heterocycles. The van der Waals surface area contributed by atoms with Gasteiger partial charge in [-0.05, 0) is 62.4 Å². The molecule has 128 valence electrons. The van der Waals surface area contributed by atoms with Gasteiger partial charge in [0.1, 0.15) is 11.5 Å². The van der Waals surface area contributed by atoms with Crippen molar-refractivity contribution in [3.63, 3.8) is 0 Å². The van der Waals surface area contributed by atoms with Gasteiger partial charge in [0, 0.05) is 19.5 Å². The molecule has 0 spiro atoms. The van der Waals surface area contributed by atoms with Crippen LogP contribution in [0.4, 0.5) is 0 Å². The minimum atomic E-state index is -0.685. The minimum Gasteiger partial charge on any atom is -0.497 e. The van der Waals surface area contributed by atoms with Gasteiger partial charge in [0.15, 0.2) is 0 Å². The number of piperidine rings is 1. The average Bonchev–Trinajstić information content (AvgIpc) is 2.58. The average molecular weight is 321 g/mol. The molecule has 1 aliphatic rings. The molecule has 0 bridgehead atoms. The van der Waals surface area contributed by atoms with Crippen molar-refractivity contribution in [2.45, 2.75) is 32.1 Å². The van der Waals surface area contributed by atoms with Gasteiger partial charge < -0.3 is 19.5 Å². The van der Waals surface area contributed by atoms with Crippen molar-refractivity contribution in [1.82, 2.24) is 4.90 Å². The maximum atomic E-state index is 10.7. The van der Waals surface area contributed by atoms with E-state index >= 15 is 0 Å². The number of carboxylic acid groups (broad SMARTS) is 1. The van der Waals surface area contributed by atoms with E-state index in [1.165, 1.54) is 6.42 Å². The predicted octanol–water partition coefficient (Wildman–Crippen LogP) is 3.04. The predicted molar refractivity (Wildman–Crippen MR) is 89.1 cm³/mol. The standard InChI is InChI=1S/C18H27NO4/c1-22-16-6-8-17(9-7-16)23-13-3-12-19-11-2-4-15(14-19)5-10-18(20)21/h6-9,15H,2-5,10-14H2,1H3,(H,20,21). The Hall–Kier alpha value is -1.75. The summed E-state index contributed by atoms with van der Waals surface area (Å²) in [5, 5.41) is 8.79. The van der Waals surface area contributed by atoms with E-state index < -0.39 is 5.97 Å². The number of nitrogens with zero attached hydrogens (tertiary/aromatic N) is 1. The monoisotopic (exact) mass is 321 g/mol. The van der Waals surface area contributed by atoms with Crippen LogP contribution in [0.25, 0.3) is 0 Å². The minimum absolute atomic E-state index is 0.291. The second kappa shape index (κ2) is 9.40. The maximum Gasteiger partial charge on any atom is 0.303 e. The first kappa shape index (κ1) is 17.6. The van der Waals surface area contributed by atoms with Crippen molar-refractivity contribution in [3.05, 3.63) is 24.3 Å². The summed E-state index contributed by atoms with van der Waals surface area (Å²) in [7, 11) is 1.65. The van der Waals surface area contributed by atoms with Crippen LogP contribution in [-0.2, 0) is 4.79 Å². The molecule has 0 aliphatic carbocycles. The van der Waals surface area contributed by atoms with E-state index in [2.05, 4.69) is 4.90 Å². The molecular weight excluding hydrogens is 294 g/mol. The highest BCUT2D eigenvalue weighted by molar-refractivity contribution is 5.66. The van der Waals surface area contributed by atoms with Crippen molar-refractivity contribution in [2.75, 3.05) is 33.4 Å². The zero-order chi connectivity index (χ0) is 16.5. The number of hydrogen-bond acceptors (Lipinski definition) is 4. The maximum absolute atomic E-state index is 10.7. The number of aliphatic carboxylic acids is 1. The van der Waals surface area contributed by atoms with Crippen molar-refractivity contribution in [1.29, 1.82) is 0 Å². The van der Waals surface area contributed by atoms with Crippen molar-refractivity contribution < 1.29 is 19.4 Å². The lowest BCUT2D eigenvalue weighted by molar-refractivity contribution is -0.137. The summed E-state index contributed by atoms with van der Waals surface area (Å²) in [6.07, 6.45) is 4.40. The molecular formula is C18H27NO4. The van der Waals surface area contributed by atoms with Crippen LogP contribution < -0.4 is 9.47 Å². The quantitative estimate of drug-likeness (QED) is 0.708. The normalized spacial score (nSPS) is 18.6. The highest BCUT2D eigenvalue weighted by Crippen LogP contribution is 2.21. The summed E-state index contributed by atoms with van der Waals surface area (Å²) in [5.41, 5.74) is 0. The fraction of sp³-hybridized carbons (Fsp3) is 0.611. The van der Waals surface area contributed by atoms with E-state index in [4.69, 9.17) is 14.6 Å². The summed E-state index contributed by atoms with van der Waals surface area (Å²) in [6, 6.07) is 7.63. The van der Waals surface area contributed by atoms with Crippen LogP contribution in [0.3, 0.4) is 0 Å². The summed E-state index contributed by atoms with van der Waals surface area (Å²) in [5.74, 6) is 1.54. The molecule has 1 fully saturated rings. The molecule has 1 atom stereocenters. The fourth-order valence-corrected chi connectivity index (χ4v) is 3.07. The lowest BCUT2D eigenvalue weighted by atomic mass is 9.93. The Labute approximate surface area is 138 Å². The molecule has 1 saturated heterocycles. The number of carboxylic acids is 1. The summed E-state index contributed by atoms with van der Waals surface area (Å²) in [4.78, 5) is 13.1. The molecule has 1 aromatic carbocycles. The van der Waals surface area contributed by atoms with E-state index in [9.17, 15) is 4.79 Å². The van der Waals surface area contributed by atoms with Crippen LogP contribution in [-0.4, -0.2) is 49.3 Å². The fourth-order valence-electron chi connectivity index (χ4n) is 3.07. The van der Waals surface area contributed by atoms with Gasteiger partial charge in [-0.15, -0.1) is 0 Å². The Kier molecular flexibility index (Phi) is 7.20. The number of rotatable bonds is 9. The smallest absolute Gasteiger partial charge is 0.303 e. The Morgan fingerprint density at radius 2 is 2.04 bits per heavy atom. The van der Waals surface area contributed by atoms with Gasteiger partial charge in [0.05, 0.1) is 13.7 Å². The molecule has 2 rings (SSSR count). The third-order valence-corrected chi connectivity index (χ3v) is 4.32. The number of benzene rings is 1. The number of ether oxygens (including phenoxy) is 2. The summed E-state index contributed by atoms with van der Waals surface area (Å²) in [6.45, 7) is 3.85. The van der Waals surface area contributed by atoms with Gasteiger partial charge in [0.2, 0.25) is 0 Å². The molecule has 1 unspecified atom stereocenters. The van der Waals surface area contributed by atoms with Crippen molar-refractivity contribution in [2.24, 2.45) is 5.92 Å². The summed E-state index contributed by atoms with van der Waals surface area (Å²) >= 11 is 0. The molecule has 0 saturated carbocycles. The zero-order valence-electron chi connectivity index (χ0n) is 13.9. The molecule has 1 heterocycles. The number of likely N-dealkylation sites (tertiary alicyclic amines) is 1. The lowest BCUT2D eigenvalue weighted by Crippen LogP contribution is -2.36. The number of carbonyl (C=O) groups is 1. The van der Waals surface area contributed by atoms with Gasteiger partial charge in [0.25, 0.3) is 0 Å². The first-order valence-electron chi connectivity index (χ1n) is 8.38.